The fourth-order valence-electron chi connectivity index (χ4n) is 1.27. The van der Waals surface area contributed by atoms with E-state index in [9.17, 15) is 16.8 Å². The van der Waals surface area contributed by atoms with Crippen molar-refractivity contribution in [3.05, 3.63) is 58.6 Å². The summed E-state index contributed by atoms with van der Waals surface area (Å²) in [6.07, 6.45) is 2.02. The number of nitrogens with one attached hydrogen (secondary N) is 1. The molecule has 0 spiro atoms. The fraction of sp³-hybridized carbons (Fsp3) is 0.143. The lowest BCUT2D eigenvalue weighted by atomic mass is 10.3. The zero-order valence-corrected chi connectivity index (χ0v) is 17.2. The molecule has 11 heteroatoms. The summed E-state index contributed by atoms with van der Waals surface area (Å²) in [7, 11) is -1.89. The van der Waals surface area contributed by atoms with Crippen LogP contribution in [0, 0.1) is 0 Å². The first-order valence-electron chi connectivity index (χ1n) is 6.40. The molecule has 140 valence electrons. The smallest absolute Gasteiger partial charge is 0.229 e. The summed E-state index contributed by atoms with van der Waals surface area (Å²) in [5.41, 5.74) is 6.56. The van der Waals surface area contributed by atoms with Crippen molar-refractivity contribution in [1.82, 2.24) is 0 Å². The Bertz CT molecular complexity index is 863. The maximum absolute atomic E-state index is 10.8. The number of anilines is 2. The lowest BCUT2D eigenvalue weighted by Crippen LogP contribution is -2.09. The Labute approximate surface area is 162 Å². The second-order valence-electron chi connectivity index (χ2n) is 4.62. The molecule has 25 heavy (non-hydrogen) atoms. The first-order valence-corrected chi connectivity index (χ1v) is 11.8. The van der Waals surface area contributed by atoms with Gasteiger partial charge in [-0.25, -0.2) is 16.8 Å². The van der Waals surface area contributed by atoms with Gasteiger partial charge in [-0.3, -0.25) is 4.72 Å². The standard InChI is InChI=1S/C7H8ClNO2S.C6H6ClN.CH3ClO2S/c1-12(10,11)9-7-4-2-3-6(8)5-7;7-5-2-1-3-6(8)4-5;1-5(2,3)4/h2-5,9H,1H3;1-4H,8H2;1H3. The molecule has 0 aromatic heterocycles. The van der Waals surface area contributed by atoms with Gasteiger partial charge < -0.3 is 5.73 Å². The molecule has 3 N–H and O–H groups in total. The van der Waals surface area contributed by atoms with Gasteiger partial charge in [0.15, 0.2) is 0 Å². The van der Waals surface area contributed by atoms with Crippen LogP contribution in [0.25, 0.3) is 0 Å². The molecule has 0 bridgehead atoms. The number of nitrogens with two attached hydrogens (primary N) is 1. The lowest BCUT2D eigenvalue weighted by molar-refractivity contribution is 0.606. The van der Waals surface area contributed by atoms with E-state index in [4.69, 9.17) is 28.9 Å². The van der Waals surface area contributed by atoms with Gasteiger partial charge in [0.25, 0.3) is 0 Å². The van der Waals surface area contributed by atoms with E-state index >= 15 is 0 Å². The van der Waals surface area contributed by atoms with Crippen LogP contribution in [0.2, 0.25) is 10.0 Å². The zero-order valence-electron chi connectivity index (χ0n) is 13.3. The van der Waals surface area contributed by atoms with E-state index in [0.717, 1.165) is 12.5 Å². The number of halogens is 3. The van der Waals surface area contributed by atoms with Crippen LogP contribution in [-0.4, -0.2) is 29.3 Å². The predicted octanol–water partition coefficient (Wildman–Crippen LogP) is 3.82. The van der Waals surface area contributed by atoms with Gasteiger partial charge in [0.05, 0.1) is 12.5 Å². The third-order valence-electron chi connectivity index (χ3n) is 1.98. The molecule has 0 aliphatic heterocycles. The van der Waals surface area contributed by atoms with Gasteiger partial charge in [-0.1, -0.05) is 35.3 Å². The van der Waals surface area contributed by atoms with Gasteiger partial charge in [-0.2, -0.15) is 0 Å². The SMILES string of the molecule is CS(=O)(=O)Cl.CS(=O)(=O)Nc1cccc(Cl)c1.Nc1cccc(Cl)c1. The molecule has 0 unspecified atom stereocenters. The van der Waals surface area contributed by atoms with Gasteiger partial charge in [-0.15, -0.1) is 0 Å². The number of hydrogen-bond donors (Lipinski definition) is 2. The van der Waals surface area contributed by atoms with Crippen LogP contribution in [0.5, 0.6) is 0 Å². The Kier molecular flexibility index (Phi) is 10.2. The number of benzene rings is 2. The molecule has 0 heterocycles. The Morgan fingerprint density at radius 3 is 1.64 bits per heavy atom. The number of nitrogen functional groups attached to an aromatic ring is 1. The van der Waals surface area contributed by atoms with Crippen LogP contribution < -0.4 is 10.5 Å². The van der Waals surface area contributed by atoms with Crippen LogP contribution in [0.15, 0.2) is 48.5 Å². The molecule has 0 amide bonds. The molecule has 2 aromatic carbocycles. The van der Waals surface area contributed by atoms with E-state index < -0.39 is 19.1 Å². The van der Waals surface area contributed by atoms with Crippen molar-refractivity contribution in [2.45, 2.75) is 0 Å². The van der Waals surface area contributed by atoms with Crippen LogP contribution in [0.4, 0.5) is 11.4 Å². The summed E-state index contributed by atoms with van der Waals surface area (Å²) in [5.74, 6) is 0. The van der Waals surface area contributed by atoms with Crippen molar-refractivity contribution in [1.29, 1.82) is 0 Å². The minimum absolute atomic E-state index is 0.477. The molecule has 2 rings (SSSR count). The number of hydrogen-bond acceptors (Lipinski definition) is 5. The van der Waals surface area contributed by atoms with Gasteiger partial charge in [-0.05, 0) is 36.4 Å². The summed E-state index contributed by atoms with van der Waals surface area (Å²) in [6, 6.07) is 13.6. The molecule has 6 nitrogen and oxygen atoms in total. The fourth-order valence-corrected chi connectivity index (χ4v) is 2.22. The first kappa shape index (κ1) is 23.8. The van der Waals surface area contributed by atoms with Crippen LogP contribution in [-0.2, 0) is 19.1 Å². The van der Waals surface area contributed by atoms with E-state index in [-0.39, 0.29) is 0 Å². The molecule has 0 atom stereocenters. The molecule has 0 saturated carbocycles. The number of rotatable bonds is 2. The van der Waals surface area contributed by atoms with Crippen molar-refractivity contribution in [2.75, 3.05) is 23.0 Å². The molecular weight excluding hydrogens is 431 g/mol. The second kappa shape index (κ2) is 10.7. The molecule has 0 saturated heterocycles. The van der Waals surface area contributed by atoms with Gasteiger partial charge in [0, 0.05) is 32.1 Å². The average molecular weight is 448 g/mol. The molecule has 0 fully saturated rings. The highest BCUT2D eigenvalue weighted by Gasteiger charge is 2.00. The third-order valence-corrected chi connectivity index (χ3v) is 3.05. The van der Waals surface area contributed by atoms with Gasteiger partial charge >= 0.3 is 0 Å². The van der Waals surface area contributed by atoms with Crippen LogP contribution in [0.3, 0.4) is 0 Å². The highest BCUT2D eigenvalue weighted by atomic mass is 35.7. The first-order chi connectivity index (χ1) is 11.3. The van der Waals surface area contributed by atoms with E-state index in [0.29, 0.717) is 21.4 Å². The summed E-state index contributed by atoms with van der Waals surface area (Å²) in [4.78, 5) is 0. The lowest BCUT2D eigenvalue weighted by Gasteiger charge is -2.02. The van der Waals surface area contributed by atoms with Crippen LogP contribution >= 0.6 is 33.9 Å². The minimum atomic E-state index is -3.20. The highest BCUT2D eigenvalue weighted by molar-refractivity contribution is 8.13. The largest absolute Gasteiger partial charge is 0.399 e. The molecule has 0 aliphatic rings. The average Bonchev–Trinajstić information content (AvgIpc) is 2.34. The van der Waals surface area contributed by atoms with E-state index in [1.807, 2.05) is 6.07 Å². The van der Waals surface area contributed by atoms with Crippen molar-refractivity contribution >= 4 is 64.3 Å². The molecule has 2 aromatic rings. The minimum Gasteiger partial charge on any atom is -0.399 e. The topological polar surface area (TPSA) is 106 Å². The zero-order chi connectivity index (χ0) is 19.7. The number of sulfonamides is 1. The van der Waals surface area contributed by atoms with Crippen molar-refractivity contribution < 1.29 is 16.8 Å². The van der Waals surface area contributed by atoms with E-state index in [1.165, 1.54) is 0 Å². The quantitative estimate of drug-likeness (QED) is 0.537. The second-order valence-corrected chi connectivity index (χ2v) is 10.3. The summed E-state index contributed by atoms with van der Waals surface area (Å²) in [5, 5.41) is 1.19. The third kappa shape index (κ3) is 17.4. The monoisotopic (exact) mass is 446 g/mol. The maximum Gasteiger partial charge on any atom is 0.229 e. The van der Waals surface area contributed by atoms with Crippen molar-refractivity contribution in [3.8, 4) is 0 Å². The predicted molar refractivity (Wildman–Crippen MR) is 106 cm³/mol. The summed E-state index contributed by atoms with van der Waals surface area (Å²) in [6.45, 7) is 0. The maximum atomic E-state index is 10.8. The Balaban J connectivity index is 0.000000382. The molecular formula is C14H17Cl3N2O4S2. The van der Waals surface area contributed by atoms with Crippen LogP contribution in [0.1, 0.15) is 0 Å². The Morgan fingerprint density at radius 2 is 1.32 bits per heavy atom. The normalized spacial score (nSPS) is 10.6. The van der Waals surface area contributed by atoms with Crippen molar-refractivity contribution in [2.24, 2.45) is 0 Å². The summed E-state index contributed by atoms with van der Waals surface area (Å²) >= 11 is 11.2. The Morgan fingerprint density at radius 1 is 0.880 bits per heavy atom. The highest BCUT2D eigenvalue weighted by Crippen LogP contribution is 2.15. The molecule has 0 radical (unpaired) electrons. The summed E-state index contributed by atoms with van der Waals surface area (Å²) < 4.78 is 42.6. The van der Waals surface area contributed by atoms with Gasteiger partial charge in [0.1, 0.15) is 0 Å². The Hall–Kier alpha value is -1.19. The molecule has 0 aliphatic carbocycles. The van der Waals surface area contributed by atoms with E-state index in [2.05, 4.69) is 15.4 Å². The van der Waals surface area contributed by atoms with Crippen molar-refractivity contribution in [3.63, 3.8) is 0 Å². The van der Waals surface area contributed by atoms with Gasteiger partial charge in [0.2, 0.25) is 19.1 Å². The van der Waals surface area contributed by atoms with E-state index in [1.54, 1.807) is 42.5 Å².